The predicted molar refractivity (Wildman–Crippen MR) is 143 cm³/mol. The molecule has 2 aliphatic rings. The second kappa shape index (κ2) is 13.0. The van der Waals surface area contributed by atoms with Crippen molar-refractivity contribution < 1.29 is 9.47 Å². The monoisotopic (exact) mass is 482 g/mol. The summed E-state index contributed by atoms with van der Waals surface area (Å²) in [6.45, 7) is 2.21. The first-order valence-corrected chi connectivity index (χ1v) is 14.1. The van der Waals surface area contributed by atoms with Crippen LogP contribution in [0.2, 0.25) is 0 Å². The Bertz CT molecular complexity index is 871. The molecule has 0 aliphatic heterocycles. The summed E-state index contributed by atoms with van der Waals surface area (Å²) in [7, 11) is 1.83. The molecule has 0 amide bonds. The van der Waals surface area contributed by atoms with Crippen LogP contribution >= 0.6 is 11.6 Å². The van der Waals surface area contributed by atoms with E-state index in [0.29, 0.717) is 29.7 Å². The van der Waals surface area contributed by atoms with Crippen LogP contribution in [0.4, 0.5) is 0 Å². The summed E-state index contributed by atoms with van der Waals surface area (Å²) in [4.78, 5) is 0. The number of alkyl halides is 1. The number of hydrogen-bond donors (Lipinski definition) is 0. The lowest BCUT2D eigenvalue weighted by molar-refractivity contribution is 0.0474. The van der Waals surface area contributed by atoms with Gasteiger partial charge in [-0.2, -0.15) is 0 Å². The highest BCUT2D eigenvalue weighted by Gasteiger charge is 2.27. The number of rotatable bonds is 6. The van der Waals surface area contributed by atoms with Crippen molar-refractivity contribution in [3.8, 4) is 5.75 Å². The fourth-order valence-corrected chi connectivity index (χ4v) is 6.53. The van der Waals surface area contributed by atoms with Crippen LogP contribution in [0.25, 0.3) is 0 Å². The van der Waals surface area contributed by atoms with Gasteiger partial charge in [0, 0.05) is 13.0 Å². The van der Waals surface area contributed by atoms with Crippen molar-refractivity contribution >= 4 is 11.6 Å². The summed E-state index contributed by atoms with van der Waals surface area (Å²) in [6, 6.07) is 18.0. The molecule has 2 aromatic carbocycles. The number of halogens is 1. The van der Waals surface area contributed by atoms with Crippen LogP contribution in [0.5, 0.6) is 5.75 Å². The Morgan fingerprint density at radius 3 is 2.21 bits per heavy atom. The van der Waals surface area contributed by atoms with E-state index in [1.807, 2.05) is 7.11 Å². The lowest BCUT2D eigenvalue weighted by Gasteiger charge is -2.31. The Morgan fingerprint density at radius 1 is 0.794 bits per heavy atom. The Labute approximate surface area is 212 Å². The van der Waals surface area contributed by atoms with Crippen molar-refractivity contribution in [1.29, 1.82) is 0 Å². The third-order valence-corrected chi connectivity index (χ3v) is 8.61. The van der Waals surface area contributed by atoms with Crippen LogP contribution in [0.3, 0.4) is 0 Å². The topological polar surface area (TPSA) is 18.5 Å². The molecular weight excluding hydrogens is 440 g/mol. The molecule has 2 aliphatic carbocycles. The minimum atomic E-state index is 0.252. The number of methoxy groups -OCH3 is 1. The molecule has 4 rings (SSSR count). The normalized spacial score (nSPS) is 28.9. The van der Waals surface area contributed by atoms with E-state index < -0.39 is 0 Å². The quantitative estimate of drug-likeness (QED) is 0.383. The number of hydrogen-bond acceptors (Lipinski definition) is 2. The molecule has 0 spiro atoms. The van der Waals surface area contributed by atoms with E-state index in [1.54, 1.807) is 0 Å². The standard InChI is InChI=1S/C31H43ClO2/c1-23-9-5-14-27(19-23)25-10-6-12-26(13-7-11-25)30-17-3-4-18-31(30)34-29-16-8-15-28(33-2)20-24(21-29)22-32/h3-5,9,14,17-19,24-26,28-29H,6-8,10-13,15-16,20-22H2,1-2H3. The zero-order valence-corrected chi connectivity index (χ0v) is 21.9. The third kappa shape index (κ3) is 7.01. The Kier molecular flexibility index (Phi) is 9.77. The van der Waals surface area contributed by atoms with Crippen molar-refractivity contribution in [2.24, 2.45) is 5.92 Å². The molecule has 0 heterocycles. The minimum Gasteiger partial charge on any atom is -0.490 e. The van der Waals surface area contributed by atoms with Gasteiger partial charge in [-0.3, -0.25) is 0 Å². The van der Waals surface area contributed by atoms with E-state index in [-0.39, 0.29) is 6.10 Å². The van der Waals surface area contributed by atoms with Gasteiger partial charge in [0.2, 0.25) is 0 Å². The average Bonchev–Trinajstić information content (AvgIpc) is 2.81. The summed E-state index contributed by atoms with van der Waals surface area (Å²) in [5, 5.41) is 0. The van der Waals surface area contributed by atoms with Crippen LogP contribution in [0.15, 0.2) is 48.5 Å². The van der Waals surface area contributed by atoms with Crippen molar-refractivity contribution in [2.75, 3.05) is 13.0 Å². The molecule has 34 heavy (non-hydrogen) atoms. The average molecular weight is 483 g/mol. The van der Waals surface area contributed by atoms with Crippen molar-refractivity contribution in [1.82, 2.24) is 0 Å². The third-order valence-electron chi connectivity index (χ3n) is 8.17. The summed E-state index contributed by atoms with van der Waals surface area (Å²) < 4.78 is 12.4. The highest BCUT2D eigenvalue weighted by Crippen LogP contribution is 2.40. The van der Waals surface area contributed by atoms with Gasteiger partial charge in [-0.05, 0) is 99.7 Å². The largest absolute Gasteiger partial charge is 0.490 e. The molecule has 0 saturated heterocycles. The first-order chi connectivity index (χ1) is 16.7. The highest BCUT2D eigenvalue weighted by molar-refractivity contribution is 6.18. The maximum atomic E-state index is 6.75. The van der Waals surface area contributed by atoms with Crippen LogP contribution in [-0.4, -0.2) is 25.2 Å². The van der Waals surface area contributed by atoms with Gasteiger partial charge in [0.05, 0.1) is 12.2 Å². The SMILES string of the molecule is COC1CCCC(Oc2ccccc2C2CCCC(c3cccc(C)c3)CCC2)CC(CCl)C1. The second-order valence-corrected chi connectivity index (χ2v) is 11.0. The lowest BCUT2D eigenvalue weighted by Crippen LogP contribution is -2.28. The van der Waals surface area contributed by atoms with Crippen molar-refractivity contribution in [3.05, 3.63) is 65.2 Å². The van der Waals surface area contributed by atoms with Gasteiger partial charge in [0.25, 0.3) is 0 Å². The van der Waals surface area contributed by atoms with E-state index in [2.05, 4.69) is 55.5 Å². The van der Waals surface area contributed by atoms with Crippen LogP contribution in [0, 0.1) is 12.8 Å². The summed E-state index contributed by atoms with van der Waals surface area (Å²) in [5.74, 6) is 3.58. The van der Waals surface area contributed by atoms with Crippen molar-refractivity contribution in [2.45, 2.75) is 102 Å². The van der Waals surface area contributed by atoms with Crippen LogP contribution in [0.1, 0.15) is 99.2 Å². The Morgan fingerprint density at radius 2 is 1.47 bits per heavy atom. The van der Waals surface area contributed by atoms with Gasteiger partial charge in [0.1, 0.15) is 5.75 Å². The number of ether oxygens (including phenoxy) is 2. The smallest absolute Gasteiger partial charge is 0.123 e. The van der Waals surface area contributed by atoms with E-state index in [9.17, 15) is 0 Å². The van der Waals surface area contributed by atoms with Gasteiger partial charge < -0.3 is 9.47 Å². The summed E-state index contributed by atoms with van der Waals surface area (Å²) >= 11 is 6.34. The van der Waals surface area contributed by atoms with E-state index in [4.69, 9.17) is 21.1 Å². The van der Waals surface area contributed by atoms with Gasteiger partial charge >= 0.3 is 0 Å². The second-order valence-electron chi connectivity index (χ2n) is 10.7. The fourth-order valence-electron chi connectivity index (χ4n) is 6.28. The Balaban J connectivity index is 1.40. The molecule has 2 saturated carbocycles. The first kappa shape index (κ1) is 25.6. The fraction of sp³-hybridized carbons (Fsp3) is 0.613. The maximum Gasteiger partial charge on any atom is 0.123 e. The van der Waals surface area contributed by atoms with Crippen LogP contribution < -0.4 is 4.74 Å². The van der Waals surface area contributed by atoms with E-state index in [1.165, 1.54) is 55.2 Å². The zero-order chi connectivity index (χ0) is 23.8. The molecule has 0 aromatic heterocycles. The molecule has 2 nitrogen and oxygen atoms in total. The minimum absolute atomic E-state index is 0.252. The zero-order valence-electron chi connectivity index (χ0n) is 21.2. The molecule has 2 fully saturated rings. The van der Waals surface area contributed by atoms with Crippen LogP contribution in [-0.2, 0) is 4.74 Å². The summed E-state index contributed by atoms with van der Waals surface area (Å²) in [6.07, 6.45) is 13.7. The highest BCUT2D eigenvalue weighted by atomic mass is 35.5. The molecular formula is C31H43ClO2. The Hall–Kier alpha value is -1.51. The van der Waals surface area contributed by atoms with Gasteiger partial charge in [-0.25, -0.2) is 0 Å². The number of aryl methyl sites for hydroxylation is 1. The number of para-hydroxylation sites is 1. The molecule has 3 unspecified atom stereocenters. The van der Waals surface area contributed by atoms with Crippen molar-refractivity contribution in [3.63, 3.8) is 0 Å². The molecule has 3 heteroatoms. The molecule has 3 atom stereocenters. The molecule has 0 N–H and O–H groups in total. The predicted octanol–water partition coefficient (Wildman–Crippen LogP) is 8.80. The van der Waals surface area contributed by atoms with Gasteiger partial charge in [0.15, 0.2) is 0 Å². The maximum absolute atomic E-state index is 6.75. The van der Waals surface area contributed by atoms with E-state index in [0.717, 1.165) is 37.9 Å². The lowest BCUT2D eigenvalue weighted by atomic mass is 9.80. The molecule has 0 bridgehead atoms. The van der Waals surface area contributed by atoms with E-state index >= 15 is 0 Å². The van der Waals surface area contributed by atoms with Gasteiger partial charge in [-0.15, -0.1) is 11.6 Å². The molecule has 186 valence electrons. The first-order valence-electron chi connectivity index (χ1n) is 13.6. The molecule has 0 radical (unpaired) electrons. The summed E-state index contributed by atoms with van der Waals surface area (Å²) in [5.41, 5.74) is 4.35. The number of benzene rings is 2. The molecule has 2 aromatic rings. The van der Waals surface area contributed by atoms with Gasteiger partial charge in [-0.1, -0.05) is 60.9 Å².